The molecule has 1 aromatic rings. The van der Waals surface area contributed by atoms with Crippen molar-refractivity contribution in [2.45, 2.75) is 26.8 Å². The number of nitrogens with one attached hydrogen (secondary N) is 2. The topological polar surface area (TPSA) is 78.4 Å². The number of carboxylic acid groups (broad SMARTS) is 1. The molecule has 0 heterocycles. The Hall–Kier alpha value is -1.88. The maximum absolute atomic E-state index is 11.6. The van der Waals surface area contributed by atoms with E-state index in [0.29, 0.717) is 0 Å². The summed E-state index contributed by atoms with van der Waals surface area (Å²) >= 11 is 0. The SMILES string of the molecule is Cc1ccc(C)c(NC(=O)CN[C@@H](C)C(=O)O)c1. The van der Waals surface area contributed by atoms with Crippen molar-refractivity contribution in [1.29, 1.82) is 0 Å². The van der Waals surface area contributed by atoms with Crippen LogP contribution in [0, 0.1) is 13.8 Å². The van der Waals surface area contributed by atoms with Crippen LogP contribution in [-0.2, 0) is 9.59 Å². The number of carbonyl (C=O) groups is 2. The highest BCUT2D eigenvalue weighted by Gasteiger charge is 2.12. The number of rotatable bonds is 5. The van der Waals surface area contributed by atoms with E-state index in [1.807, 2.05) is 32.0 Å². The van der Waals surface area contributed by atoms with Gasteiger partial charge in [0.15, 0.2) is 0 Å². The van der Waals surface area contributed by atoms with E-state index in [0.717, 1.165) is 16.8 Å². The molecule has 0 saturated heterocycles. The van der Waals surface area contributed by atoms with E-state index in [-0.39, 0.29) is 12.5 Å². The number of benzene rings is 1. The summed E-state index contributed by atoms with van der Waals surface area (Å²) < 4.78 is 0. The average Bonchev–Trinajstić information content (AvgIpc) is 2.30. The first kappa shape index (κ1) is 14.2. The second-order valence-corrected chi connectivity index (χ2v) is 4.31. The normalized spacial score (nSPS) is 11.9. The molecule has 0 bridgehead atoms. The lowest BCUT2D eigenvalue weighted by Gasteiger charge is -2.11. The molecule has 3 N–H and O–H groups in total. The van der Waals surface area contributed by atoms with Crippen molar-refractivity contribution in [1.82, 2.24) is 5.32 Å². The number of hydrogen-bond acceptors (Lipinski definition) is 3. The quantitative estimate of drug-likeness (QED) is 0.736. The summed E-state index contributed by atoms with van der Waals surface area (Å²) in [5.41, 5.74) is 2.78. The molecule has 1 amide bonds. The zero-order valence-corrected chi connectivity index (χ0v) is 10.8. The molecule has 5 heteroatoms. The Kier molecular flexibility index (Phi) is 4.85. The summed E-state index contributed by atoms with van der Waals surface area (Å²) in [5, 5.41) is 14.0. The van der Waals surface area contributed by atoms with Crippen LogP contribution in [0.3, 0.4) is 0 Å². The molecule has 0 aliphatic carbocycles. The van der Waals surface area contributed by atoms with E-state index in [1.165, 1.54) is 6.92 Å². The van der Waals surface area contributed by atoms with Crippen LogP contribution >= 0.6 is 0 Å². The van der Waals surface area contributed by atoms with Crippen LogP contribution in [0.15, 0.2) is 18.2 Å². The average molecular weight is 250 g/mol. The summed E-state index contributed by atoms with van der Waals surface area (Å²) in [4.78, 5) is 22.2. The van der Waals surface area contributed by atoms with Crippen LogP contribution in [0.1, 0.15) is 18.1 Å². The molecule has 1 aromatic carbocycles. The molecule has 98 valence electrons. The molecule has 1 atom stereocenters. The number of carbonyl (C=O) groups excluding carboxylic acids is 1. The van der Waals surface area contributed by atoms with Crippen LogP contribution in [0.25, 0.3) is 0 Å². The molecular weight excluding hydrogens is 232 g/mol. The minimum atomic E-state index is -0.977. The van der Waals surface area contributed by atoms with Gasteiger partial charge in [0.1, 0.15) is 6.04 Å². The Labute approximate surface area is 106 Å². The van der Waals surface area contributed by atoms with E-state index < -0.39 is 12.0 Å². The molecule has 0 aliphatic heterocycles. The third kappa shape index (κ3) is 4.18. The monoisotopic (exact) mass is 250 g/mol. The summed E-state index contributed by atoms with van der Waals surface area (Å²) in [6.45, 7) is 5.32. The van der Waals surface area contributed by atoms with Crippen LogP contribution in [0.4, 0.5) is 5.69 Å². The van der Waals surface area contributed by atoms with Crippen LogP contribution in [0.2, 0.25) is 0 Å². The van der Waals surface area contributed by atoms with Gasteiger partial charge in [0, 0.05) is 5.69 Å². The molecule has 0 aliphatic rings. The zero-order valence-electron chi connectivity index (χ0n) is 10.8. The Balaban J connectivity index is 2.54. The standard InChI is InChI=1S/C13H18N2O3/c1-8-4-5-9(2)11(6-8)15-12(16)7-14-10(3)13(17)18/h4-6,10,14H,7H2,1-3H3,(H,15,16)(H,17,18)/t10-/m0/s1. The molecule has 0 radical (unpaired) electrons. The number of amides is 1. The molecule has 0 saturated carbocycles. The van der Waals surface area contributed by atoms with Gasteiger partial charge in [-0.05, 0) is 38.0 Å². The van der Waals surface area contributed by atoms with Crippen molar-refractivity contribution >= 4 is 17.6 Å². The van der Waals surface area contributed by atoms with Gasteiger partial charge in [-0.25, -0.2) is 0 Å². The number of hydrogen-bond donors (Lipinski definition) is 3. The Morgan fingerprint density at radius 2 is 2.00 bits per heavy atom. The molecule has 0 aromatic heterocycles. The summed E-state index contributed by atoms with van der Waals surface area (Å²) in [6, 6.07) is 5.04. The maximum atomic E-state index is 11.6. The fourth-order valence-electron chi connectivity index (χ4n) is 1.40. The Morgan fingerprint density at radius 1 is 1.33 bits per heavy atom. The highest BCUT2D eigenvalue weighted by atomic mass is 16.4. The van der Waals surface area contributed by atoms with Gasteiger partial charge in [-0.3, -0.25) is 14.9 Å². The van der Waals surface area contributed by atoms with Crippen LogP contribution < -0.4 is 10.6 Å². The number of anilines is 1. The van der Waals surface area contributed by atoms with Gasteiger partial charge in [0.25, 0.3) is 0 Å². The minimum absolute atomic E-state index is 0.0269. The van der Waals surface area contributed by atoms with E-state index in [4.69, 9.17) is 5.11 Å². The van der Waals surface area contributed by atoms with Gasteiger partial charge in [-0.2, -0.15) is 0 Å². The lowest BCUT2D eigenvalue weighted by Crippen LogP contribution is -2.39. The fourth-order valence-corrected chi connectivity index (χ4v) is 1.40. The Bertz CT molecular complexity index is 458. The van der Waals surface area contributed by atoms with Gasteiger partial charge in [-0.15, -0.1) is 0 Å². The molecule has 18 heavy (non-hydrogen) atoms. The molecule has 5 nitrogen and oxygen atoms in total. The van der Waals surface area contributed by atoms with E-state index in [9.17, 15) is 9.59 Å². The van der Waals surface area contributed by atoms with Gasteiger partial charge in [0.05, 0.1) is 6.54 Å². The first-order valence-electron chi connectivity index (χ1n) is 5.73. The third-order valence-electron chi connectivity index (χ3n) is 2.61. The first-order valence-corrected chi connectivity index (χ1v) is 5.73. The first-order chi connectivity index (χ1) is 8.40. The molecule has 0 spiro atoms. The molecule has 1 rings (SSSR count). The van der Waals surface area contributed by atoms with Crippen molar-refractivity contribution < 1.29 is 14.7 Å². The largest absolute Gasteiger partial charge is 0.480 e. The van der Waals surface area contributed by atoms with Crippen molar-refractivity contribution in [3.63, 3.8) is 0 Å². The second-order valence-electron chi connectivity index (χ2n) is 4.31. The maximum Gasteiger partial charge on any atom is 0.320 e. The third-order valence-corrected chi connectivity index (χ3v) is 2.61. The lowest BCUT2D eigenvalue weighted by molar-refractivity contribution is -0.139. The van der Waals surface area contributed by atoms with E-state index in [1.54, 1.807) is 0 Å². The van der Waals surface area contributed by atoms with Gasteiger partial charge >= 0.3 is 5.97 Å². The van der Waals surface area contributed by atoms with Crippen LogP contribution in [0.5, 0.6) is 0 Å². The number of aliphatic carboxylic acids is 1. The molecular formula is C13H18N2O3. The predicted molar refractivity (Wildman–Crippen MR) is 69.6 cm³/mol. The summed E-state index contributed by atoms with van der Waals surface area (Å²) in [7, 11) is 0. The van der Waals surface area contributed by atoms with Crippen molar-refractivity contribution in [3.05, 3.63) is 29.3 Å². The van der Waals surface area contributed by atoms with Gasteiger partial charge in [-0.1, -0.05) is 12.1 Å². The zero-order chi connectivity index (χ0) is 13.7. The molecule has 0 unspecified atom stereocenters. The van der Waals surface area contributed by atoms with Gasteiger partial charge in [0.2, 0.25) is 5.91 Å². The van der Waals surface area contributed by atoms with E-state index >= 15 is 0 Å². The smallest absolute Gasteiger partial charge is 0.320 e. The fraction of sp³-hybridized carbons (Fsp3) is 0.385. The minimum Gasteiger partial charge on any atom is -0.480 e. The van der Waals surface area contributed by atoms with Crippen LogP contribution in [-0.4, -0.2) is 29.6 Å². The lowest BCUT2D eigenvalue weighted by atomic mass is 10.1. The number of carboxylic acids is 1. The Morgan fingerprint density at radius 3 is 2.61 bits per heavy atom. The van der Waals surface area contributed by atoms with E-state index in [2.05, 4.69) is 10.6 Å². The van der Waals surface area contributed by atoms with Crippen molar-refractivity contribution in [3.8, 4) is 0 Å². The molecule has 0 fully saturated rings. The summed E-state index contributed by atoms with van der Waals surface area (Å²) in [5.74, 6) is -1.23. The highest BCUT2D eigenvalue weighted by molar-refractivity contribution is 5.93. The summed E-state index contributed by atoms with van der Waals surface area (Å²) in [6.07, 6.45) is 0. The second kappa shape index (κ2) is 6.16. The highest BCUT2D eigenvalue weighted by Crippen LogP contribution is 2.15. The van der Waals surface area contributed by atoms with Crippen molar-refractivity contribution in [2.75, 3.05) is 11.9 Å². The number of aryl methyl sites for hydroxylation is 2. The van der Waals surface area contributed by atoms with Gasteiger partial charge < -0.3 is 10.4 Å². The van der Waals surface area contributed by atoms with Crippen molar-refractivity contribution in [2.24, 2.45) is 0 Å². The predicted octanol–water partition coefficient (Wildman–Crippen LogP) is 1.30.